The molecule has 0 heterocycles. The summed E-state index contributed by atoms with van der Waals surface area (Å²) in [5.74, 6) is 0.330. The van der Waals surface area contributed by atoms with E-state index in [9.17, 15) is 4.79 Å². The van der Waals surface area contributed by atoms with Crippen molar-refractivity contribution in [3.8, 4) is 0 Å². The van der Waals surface area contributed by atoms with E-state index < -0.39 is 6.03 Å². The van der Waals surface area contributed by atoms with Gasteiger partial charge in [0.15, 0.2) is 0 Å². The van der Waals surface area contributed by atoms with Crippen LogP contribution in [0.4, 0.5) is 4.79 Å². The molecule has 0 spiro atoms. The number of amides is 2. The first-order valence-electron chi connectivity index (χ1n) is 5.22. The lowest BCUT2D eigenvalue weighted by Gasteiger charge is -2.11. The Balaban J connectivity index is 4.33. The van der Waals surface area contributed by atoms with E-state index in [1.165, 1.54) is 5.57 Å². The molecule has 0 fully saturated rings. The number of nitrogens with zero attached hydrogens (tertiary/aromatic N) is 1. The number of primary amides is 1. The van der Waals surface area contributed by atoms with Gasteiger partial charge in [-0.1, -0.05) is 25.5 Å². The topological polar surface area (TPSA) is 67.5 Å². The smallest absolute Gasteiger partial charge is 0.332 e. The molecule has 0 aromatic rings. The molecule has 4 nitrogen and oxygen atoms in total. The third-order valence-corrected chi connectivity index (χ3v) is 2.12. The highest BCUT2D eigenvalue weighted by Gasteiger charge is 2.07. The van der Waals surface area contributed by atoms with Crippen molar-refractivity contribution in [3.05, 3.63) is 11.6 Å². The van der Waals surface area contributed by atoms with E-state index in [-0.39, 0.29) is 0 Å². The third-order valence-electron chi connectivity index (χ3n) is 2.12. The van der Waals surface area contributed by atoms with Gasteiger partial charge in [-0.25, -0.2) is 10.2 Å². The summed E-state index contributed by atoms with van der Waals surface area (Å²) in [6.07, 6.45) is 3.92. The van der Waals surface area contributed by atoms with Crippen LogP contribution in [0.25, 0.3) is 0 Å². The van der Waals surface area contributed by atoms with E-state index >= 15 is 0 Å². The van der Waals surface area contributed by atoms with Gasteiger partial charge < -0.3 is 5.73 Å². The van der Waals surface area contributed by atoms with Crippen molar-refractivity contribution in [2.75, 3.05) is 0 Å². The fraction of sp³-hybridized carbons (Fsp3) is 0.636. The minimum absolute atomic E-state index is 0.330. The van der Waals surface area contributed by atoms with Gasteiger partial charge in [0.2, 0.25) is 0 Å². The molecule has 0 aliphatic carbocycles. The number of nitrogens with two attached hydrogens (primary N) is 1. The quantitative estimate of drug-likeness (QED) is 0.409. The van der Waals surface area contributed by atoms with Crippen LogP contribution in [-0.2, 0) is 0 Å². The largest absolute Gasteiger partial charge is 0.350 e. The Hall–Kier alpha value is -1.32. The molecule has 0 rings (SSSR count). The summed E-state index contributed by atoms with van der Waals surface area (Å²) in [6.45, 7) is 8.24. The van der Waals surface area contributed by atoms with E-state index in [1.54, 1.807) is 0 Å². The van der Waals surface area contributed by atoms with Crippen molar-refractivity contribution in [3.63, 3.8) is 0 Å². The second kappa shape index (κ2) is 7.04. The lowest BCUT2D eigenvalue weighted by molar-refractivity contribution is 0.249. The van der Waals surface area contributed by atoms with Gasteiger partial charge in [-0.05, 0) is 32.6 Å². The molecule has 0 aliphatic heterocycles. The minimum Gasteiger partial charge on any atom is -0.350 e. The summed E-state index contributed by atoms with van der Waals surface area (Å²) in [7, 11) is 0. The summed E-state index contributed by atoms with van der Waals surface area (Å²) in [5.41, 5.74) is 9.48. The standard InChI is InChI=1S/C11H21N3O/c1-5-10(13-14-11(12)15)9(4)7-6-8(2)3/h6,9H,5,7H2,1-4H3,(H3,12,14,15)/b13-10-. The molecule has 0 aliphatic rings. The first-order chi connectivity index (χ1) is 6.97. The van der Waals surface area contributed by atoms with Gasteiger partial charge in [0.25, 0.3) is 0 Å². The molecular formula is C11H21N3O. The molecule has 0 bridgehead atoms. The predicted octanol–water partition coefficient (Wildman–Crippen LogP) is 2.41. The number of allylic oxidation sites excluding steroid dienone is 2. The van der Waals surface area contributed by atoms with E-state index in [2.05, 4.69) is 37.4 Å². The van der Waals surface area contributed by atoms with Crippen LogP contribution in [0, 0.1) is 5.92 Å². The van der Waals surface area contributed by atoms with Gasteiger partial charge in [0, 0.05) is 5.71 Å². The van der Waals surface area contributed by atoms with Crippen molar-refractivity contribution in [1.82, 2.24) is 5.43 Å². The Kier molecular flexibility index (Phi) is 6.42. The highest BCUT2D eigenvalue weighted by Crippen LogP contribution is 2.10. The van der Waals surface area contributed by atoms with Gasteiger partial charge in [-0.2, -0.15) is 5.10 Å². The lowest BCUT2D eigenvalue weighted by Crippen LogP contribution is -2.27. The van der Waals surface area contributed by atoms with Crippen molar-refractivity contribution in [1.29, 1.82) is 0 Å². The average molecular weight is 211 g/mol. The minimum atomic E-state index is -0.615. The Morgan fingerprint density at radius 3 is 2.53 bits per heavy atom. The van der Waals surface area contributed by atoms with E-state index in [0.717, 1.165) is 18.6 Å². The highest BCUT2D eigenvalue weighted by atomic mass is 16.2. The molecule has 0 saturated heterocycles. The molecular weight excluding hydrogens is 190 g/mol. The Morgan fingerprint density at radius 1 is 1.53 bits per heavy atom. The molecule has 0 aromatic heterocycles. The molecule has 86 valence electrons. The monoisotopic (exact) mass is 211 g/mol. The second-order valence-corrected chi connectivity index (χ2v) is 3.85. The van der Waals surface area contributed by atoms with E-state index in [4.69, 9.17) is 5.73 Å². The first kappa shape index (κ1) is 13.7. The fourth-order valence-corrected chi connectivity index (χ4v) is 1.21. The Morgan fingerprint density at radius 2 is 2.13 bits per heavy atom. The average Bonchev–Trinajstić information content (AvgIpc) is 2.15. The maximum Gasteiger partial charge on any atom is 0.332 e. The summed E-state index contributed by atoms with van der Waals surface area (Å²) in [5, 5.41) is 3.98. The number of urea groups is 1. The number of hydrazone groups is 1. The maximum atomic E-state index is 10.5. The SMILES string of the molecule is CC/C(=N/NC(N)=O)C(C)CC=C(C)C. The third kappa shape index (κ3) is 6.71. The van der Waals surface area contributed by atoms with Crippen molar-refractivity contribution < 1.29 is 4.79 Å². The van der Waals surface area contributed by atoms with Crippen molar-refractivity contribution >= 4 is 11.7 Å². The van der Waals surface area contributed by atoms with Crippen LogP contribution in [0.15, 0.2) is 16.8 Å². The molecule has 1 atom stereocenters. The van der Waals surface area contributed by atoms with Crippen LogP contribution in [0.1, 0.15) is 40.5 Å². The second-order valence-electron chi connectivity index (χ2n) is 3.85. The van der Waals surface area contributed by atoms with E-state index in [1.807, 2.05) is 6.92 Å². The molecule has 0 aromatic carbocycles. The molecule has 0 saturated carbocycles. The van der Waals surface area contributed by atoms with Crippen molar-refractivity contribution in [2.45, 2.75) is 40.5 Å². The molecule has 0 radical (unpaired) electrons. The Labute approximate surface area is 91.6 Å². The molecule has 3 N–H and O–H groups in total. The number of hydrogen-bond acceptors (Lipinski definition) is 2. The van der Waals surface area contributed by atoms with Crippen LogP contribution >= 0.6 is 0 Å². The molecule has 15 heavy (non-hydrogen) atoms. The van der Waals surface area contributed by atoms with Crippen LogP contribution in [0.5, 0.6) is 0 Å². The number of nitrogens with one attached hydrogen (secondary N) is 1. The number of rotatable bonds is 5. The summed E-state index contributed by atoms with van der Waals surface area (Å²) in [6, 6.07) is -0.615. The zero-order chi connectivity index (χ0) is 11.8. The first-order valence-corrected chi connectivity index (χ1v) is 5.22. The van der Waals surface area contributed by atoms with Gasteiger partial charge in [-0.15, -0.1) is 0 Å². The van der Waals surface area contributed by atoms with Crippen LogP contribution in [0.3, 0.4) is 0 Å². The molecule has 4 heteroatoms. The van der Waals surface area contributed by atoms with Crippen LogP contribution in [-0.4, -0.2) is 11.7 Å². The fourth-order valence-electron chi connectivity index (χ4n) is 1.21. The normalized spacial score (nSPS) is 13.2. The van der Waals surface area contributed by atoms with Crippen LogP contribution in [0.2, 0.25) is 0 Å². The van der Waals surface area contributed by atoms with Crippen LogP contribution < -0.4 is 11.2 Å². The lowest BCUT2D eigenvalue weighted by atomic mass is 9.99. The van der Waals surface area contributed by atoms with E-state index in [0.29, 0.717) is 5.92 Å². The van der Waals surface area contributed by atoms with Crippen molar-refractivity contribution in [2.24, 2.45) is 16.8 Å². The van der Waals surface area contributed by atoms with Gasteiger partial charge in [-0.3, -0.25) is 0 Å². The summed E-state index contributed by atoms with van der Waals surface area (Å²) < 4.78 is 0. The van der Waals surface area contributed by atoms with Gasteiger partial charge in [0.05, 0.1) is 0 Å². The Bertz CT molecular complexity index is 265. The number of carbonyl (C=O) groups is 1. The number of hydrogen-bond donors (Lipinski definition) is 2. The van der Waals surface area contributed by atoms with Gasteiger partial charge >= 0.3 is 6.03 Å². The molecule has 1 unspecified atom stereocenters. The highest BCUT2D eigenvalue weighted by molar-refractivity contribution is 5.87. The zero-order valence-electron chi connectivity index (χ0n) is 10.0. The molecule has 2 amide bonds. The summed E-state index contributed by atoms with van der Waals surface area (Å²) >= 11 is 0. The zero-order valence-corrected chi connectivity index (χ0v) is 10.0. The summed E-state index contributed by atoms with van der Waals surface area (Å²) in [4.78, 5) is 10.5. The predicted molar refractivity (Wildman–Crippen MR) is 63.7 cm³/mol. The number of carbonyl (C=O) groups excluding carboxylic acids is 1. The van der Waals surface area contributed by atoms with Gasteiger partial charge in [0.1, 0.15) is 0 Å². The maximum absolute atomic E-state index is 10.5.